The maximum Gasteiger partial charge on any atom is 0.295 e. The highest BCUT2D eigenvalue weighted by molar-refractivity contribution is 5.85. The van der Waals surface area contributed by atoms with Gasteiger partial charge in [-0.05, 0) is 12.1 Å². The summed E-state index contributed by atoms with van der Waals surface area (Å²) in [6, 6.07) is 3.13. The molecular weight excluding hydrogens is 255 g/mol. The fraction of sp³-hybridized carbons (Fsp3) is 0.0909. The Labute approximate surface area is 106 Å². The van der Waals surface area contributed by atoms with Crippen molar-refractivity contribution in [3.05, 3.63) is 45.9 Å². The van der Waals surface area contributed by atoms with Crippen LogP contribution >= 0.6 is 0 Å². The summed E-state index contributed by atoms with van der Waals surface area (Å²) in [6.07, 6.45) is 1.90. The number of halogens is 1. The summed E-state index contributed by atoms with van der Waals surface area (Å²) in [7, 11) is 1.57. The standard InChI is InChI=1S/C11H9FN4O3/c1-15-11(7(6-17)5-13-15)14-9-3-2-8(12)4-10(9)16(18)19/h2-6,14H,1H3. The molecule has 0 saturated heterocycles. The number of nitrogens with zero attached hydrogens (tertiary/aromatic N) is 3. The van der Waals surface area contributed by atoms with E-state index in [9.17, 15) is 19.3 Å². The first-order chi connectivity index (χ1) is 9.02. The van der Waals surface area contributed by atoms with Crippen LogP contribution < -0.4 is 5.32 Å². The first-order valence-corrected chi connectivity index (χ1v) is 5.21. The number of carbonyl (C=O) groups is 1. The van der Waals surface area contributed by atoms with Crippen LogP contribution in [-0.4, -0.2) is 21.0 Å². The summed E-state index contributed by atoms with van der Waals surface area (Å²) in [5, 5.41) is 17.4. The first kappa shape index (κ1) is 12.7. The van der Waals surface area contributed by atoms with Crippen LogP contribution in [0.15, 0.2) is 24.4 Å². The van der Waals surface area contributed by atoms with E-state index in [1.54, 1.807) is 7.05 Å². The molecule has 1 aromatic heterocycles. The Balaban J connectivity index is 2.46. The number of anilines is 2. The topological polar surface area (TPSA) is 90.1 Å². The molecule has 19 heavy (non-hydrogen) atoms. The van der Waals surface area contributed by atoms with Crippen molar-refractivity contribution in [2.75, 3.05) is 5.32 Å². The lowest BCUT2D eigenvalue weighted by atomic mass is 10.2. The molecule has 1 N–H and O–H groups in total. The fourth-order valence-electron chi connectivity index (χ4n) is 1.58. The molecule has 0 spiro atoms. The minimum Gasteiger partial charge on any atom is -0.334 e. The van der Waals surface area contributed by atoms with Crippen LogP contribution in [0.25, 0.3) is 0 Å². The molecule has 0 fully saturated rings. The van der Waals surface area contributed by atoms with E-state index in [2.05, 4.69) is 10.4 Å². The highest BCUT2D eigenvalue weighted by Gasteiger charge is 2.17. The Morgan fingerprint density at radius 2 is 2.26 bits per heavy atom. The van der Waals surface area contributed by atoms with E-state index < -0.39 is 16.4 Å². The van der Waals surface area contributed by atoms with Crippen molar-refractivity contribution in [1.82, 2.24) is 9.78 Å². The number of aromatic nitrogens is 2. The van der Waals surface area contributed by atoms with Crippen LogP contribution in [0.3, 0.4) is 0 Å². The number of nitro benzene ring substituents is 1. The summed E-state index contributed by atoms with van der Waals surface area (Å²) in [6.45, 7) is 0. The molecule has 0 aliphatic carbocycles. The number of carbonyl (C=O) groups excluding carboxylic acids is 1. The van der Waals surface area contributed by atoms with Crippen molar-refractivity contribution in [1.29, 1.82) is 0 Å². The van der Waals surface area contributed by atoms with E-state index in [1.165, 1.54) is 16.9 Å². The van der Waals surface area contributed by atoms with E-state index >= 15 is 0 Å². The first-order valence-electron chi connectivity index (χ1n) is 5.21. The van der Waals surface area contributed by atoms with Crippen molar-refractivity contribution in [3.8, 4) is 0 Å². The molecule has 0 unspecified atom stereocenters. The van der Waals surface area contributed by atoms with E-state index in [4.69, 9.17) is 0 Å². The lowest BCUT2D eigenvalue weighted by molar-refractivity contribution is -0.384. The van der Waals surface area contributed by atoms with Gasteiger partial charge in [-0.1, -0.05) is 0 Å². The molecule has 0 radical (unpaired) electrons. The van der Waals surface area contributed by atoms with Gasteiger partial charge in [-0.15, -0.1) is 0 Å². The van der Waals surface area contributed by atoms with Crippen LogP contribution in [-0.2, 0) is 7.05 Å². The van der Waals surface area contributed by atoms with Crippen molar-refractivity contribution in [2.45, 2.75) is 0 Å². The molecule has 7 nitrogen and oxygen atoms in total. The van der Waals surface area contributed by atoms with Crippen molar-refractivity contribution < 1.29 is 14.1 Å². The summed E-state index contributed by atoms with van der Waals surface area (Å²) < 4.78 is 14.4. The lowest BCUT2D eigenvalue weighted by Crippen LogP contribution is -2.03. The Morgan fingerprint density at radius 1 is 1.53 bits per heavy atom. The van der Waals surface area contributed by atoms with Gasteiger partial charge in [0.15, 0.2) is 6.29 Å². The molecule has 0 atom stereocenters. The SMILES string of the molecule is Cn1ncc(C=O)c1Nc1ccc(F)cc1[N+](=O)[O-]. The second-order valence-corrected chi connectivity index (χ2v) is 3.73. The smallest absolute Gasteiger partial charge is 0.295 e. The third-order valence-electron chi connectivity index (χ3n) is 2.50. The second-order valence-electron chi connectivity index (χ2n) is 3.73. The predicted octanol–water partition coefficient (Wildman–Crippen LogP) is 2.02. The number of benzene rings is 1. The molecule has 0 saturated carbocycles. The Bertz CT molecular complexity index is 653. The monoisotopic (exact) mass is 264 g/mol. The third kappa shape index (κ3) is 2.41. The van der Waals surface area contributed by atoms with Crippen molar-refractivity contribution >= 4 is 23.5 Å². The number of aryl methyl sites for hydroxylation is 1. The molecule has 8 heteroatoms. The quantitative estimate of drug-likeness (QED) is 0.518. The van der Waals surface area contributed by atoms with Crippen molar-refractivity contribution in [2.24, 2.45) is 7.05 Å². The molecular formula is C11H9FN4O3. The number of hydrogen-bond donors (Lipinski definition) is 1. The molecule has 1 heterocycles. The van der Waals surface area contributed by atoms with Gasteiger partial charge in [-0.2, -0.15) is 5.10 Å². The Kier molecular flexibility index (Phi) is 3.23. The maximum absolute atomic E-state index is 13.0. The van der Waals surface area contributed by atoms with Gasteiger partial charge < -0.3 is 5.32 Å². The number of rotatable bonds is 4. The van der Waals surface area contributed by atoms with Crippen LogP contribution in [0.5, 0.6) is 0 Å². The summed E-state index contributed by atoms with van der Waals surface area (Å²) in [4.78, 5) is 21.0. The zero-order valence-electron chi connectivity index (χ0n) is 9.83. The van der Waals surface area contributed by atoms with E-state index in [1.807, 2.05) is 0 Å². The Morgan fingerprint density at radius 3 is 2.89 bits per heavy atom. The van der Waals surface area contributed by atoms with E-state index in [0.29, 0.717) is 12.1 Å². The zero-order valence-corrected chi connectivity index (χ0v) is 9.83. The van der Waals surface area contributed by atoms with Gasteiger partial charge in [0, 0.05) is 7.05 Å². The summed E-state index contributed by atoms with van der Waals surface area (Å²) in [5.41, 5.74) is -0.0859. The molecule has 2 rings (SSSR count). The second kappa shape index (κ2) is 4.84. The van der Waals surface area contributed by atoms with Crippen LogP contribution in [0, 0.1) is 15.9 Å². The average molecular weight is 264 g/mol. The van der Waals surface area contributed by atoms with Crippen LogP contribution in [0.1, 0.15) is 10.4 Å². The molecule has 1 aromatic carbocycles. The minimum atomic E-state index is -0.710. The lowest BCUT2D eigenvalue weighted by Gasteiger charge is -2.08. The van der Waals surface area contributed by atoms with Gasteiger partial charge in [-0.3, -0.25) is 19.6 Å². The number of nitro groups is 1. The average Bonchev–Trinajstić information content (AvgIpc) is 2.72. The van der Waals surface area contributed by atoms with Crippen molar-refractivity contribution in [3.63, 3.8) is 0 Å². The number of nitrogens with one attached hydrogen (secondary N) is 1. The minimum absolute atomic E-state index is 0.0816. The molecule has 0 bridgehead atoms. The largest absolute Gasteiger partial charge is 0.334 e. The summed E-state index contributed by atoms with van der Waals surface area (Å²) >= 11 is 0. The molecule has 98 valence electrons. The number of aldehydes is 1. The van der Waals surface area contributed by atoms with Crippen LogP contribution in [0.2, 0.25) is 0 Å². The zero-order chi connectivity index (χ0) is 14.0. The molecule has 0 amide bonds. The highest BCUT2D eigenvalue weighted by atomic mass is 19.1. The van der Waals surface area contributed by atoms with Gasteiger partial charge in [-0.25, -0.2) is 4.39 Å². The van der Waals surface area contributed by atoms with Gasteiger partial charge >= 0.3 is 0 Å². The third-order valence-corrected chi connectivity index (χ3v) is 2.50. The van der Waals surface area contributed by atoms with Gasteiger partial charge in [0.2, 0.25) is 0 Å². The van der Waals surface area contributed by atoms with Crippen LogP contribution in [0.4, 0.5) is 21.6 Å². The van der Waals surface area contributed by atoms with Gasteiger partial charge in [0.05, 0.1) is 22.7 Å². The fourth-order valence-corrected chi connectivity index (χ4v) is 1.58. The normalized spacial score (nSPS) is 10.2. The van der Waals surface area contributed by atoms with E-state index in [0.717, 1.165) is 12.1 Å². The predicted molar refractivity (Wildman–Crippen MR) is 64.9 cm³/mol. The Hall–Kier alpha value is -2.77. The molecule has 0 aliphatic heterocycles. The van der Waals surface area contributed by atoms with Gasteiger partial charge in [0.1, 0.15) is 17.3 Å². The summed E-state index contributed by atoms with van der Waals surface area (Å²) in [5.74, 6) is -0.414. The molecule has 0 aliphatic rings. The number of hydrogen-bond acceptors (Lipinski definition) is 5. The maximum atomic E-state index is 13.0. The van der Waals surface area contributed by atoms with Gasteiger partial charge in [0.25, 0.3) is 5.69 Å². The van der Waals surface area contributed by atoms with E-state index in [-0.39, 0.29) is 11.3 Å². The highest BCUT2D eigenvalue weighted by Crippen LogP contribution is 2.28. The molecule has 2 aromatic rings.